The van der Waals surface area contributed by atoms with Gasteiger partial charge in [-0.25, -0.2) is 0 Å². The molecule has 1 N–H and O–H groups in total. The molecule has 3 heterocycles. The SMILES string of the molecule is N#CC1(c2cncc(I)c2)C[C@H]2CC[C@@H](C1)N2. The molecular weight excluding hydrogens is 325 g/mol. The molecule has 0 radical (unpaired) electrons. The van der Waals surface area contributed by atoms with Crippen molar-refractivity contribution < 1.29 is 0 Å². The average Bonchev–Trinajstić information content (AvgIpc) is 2.69. The Labute approximate surface area is 115 Å². The van der Waals surface area contributed by atoms with E-state index in [9.17, 15) is 5.26 Å². The smallest absolute Gasteiger partial charge is 0.0867 e. The highest BCUT2D eigenvalue weighted by Crippen LogP contribution is 2.42. The van der Waals surface area contributed by atoms with Crippen LogP contribution >= 0.6 is 22.6 Å². The van der Waals surface area contributed by atoms with E-state index in [0.29, 0.717) is 12.1 Å². The van der Waals surface area contributed by atoms with Gasteiger partial charge < -0.3 is 5.32 Å². The van der Waals surface area contributed by atoms with Gasteiger partial charge in [0, 0.05) is 28.0 Å². The Morgan fingerprint density at radius 3 is 2.65 bits per heavy atom. The topological polar surface area (TPSA) is 48.7 Å². The van der Waals surface area contributed by atoms with E-state index in [0.717, 1.165) is 22.0 Å². The summed E-state index contributed by atoms with van der Waals surface area (Å²) in [4.78, 5) is 4.24. The minimum absolute atomic E-state index is 0.314. The second kappa shape index (κ2) is 4.21. The molecular formula is C13H14IN3. The fraction of sp³-hybridized carbons (Fsp3) is 0.538. The van der Waals surface area contributed by atoms with E-state index in [2.05, 4.69) is 45.0 Å². The Kier molecular flexibility index (Phi) is 2.83. The molecule has 0 aliphatic carbocycles. The van der Waals surface area contributed by atoms with Crippen LogP contribution in [0.3, 0.4) is 0 Å². The van der Waals surface area contributed by atoms with E-state index in [1.165, 1.54) is 12.8 Å². The van der Waals surface area contributed by atoms with Crippen molar-refractivity contribution in [2.75, 3.05) is 0 Å². The predicted octanol–water partition coefficient (Wildman–Crippen LogP) is 2.36. The van der Waals surface area contributed by atoms with Crippen molar-refractivity contribution in [3.8, 4) is 6.07 Å². The molecule has 2 aliphatic rings. The van der Waals surface area contributed by atoms with Crippen molar-refractivity contribution in [1.82, 2.24) is 10.3 Å². The number of piperidine rings is 1. The highest BCUT2D eigenvalue weighted by atomic mass is 127. The number of nitrogens with zero attached hydrogens (tertiary/aromatic N) is 2. The first-order chi connectivity index (χ1) is 8.22. The summed E-state index contributed by atoms with van der Waals surface area (Å²) in [5.41, 5.74) is 0.788. The molecule has 88 valence electrons. The summed E-state index contributed by atoms with van der Waals surface area (Å²) < 4.78 is 1.11. The van der Waals surface area contributed by atoms with Crippen LogP contribution in [0.2, 0.25) is 0 Å². The van der Waals surface area contributed by atoms with Gasteiger partial charge in [0.2, 0.25) is 0 Å². The number of fused-ring (bicyclic) bond motifs is 2. The monoisotopic (exact) mass is 339 g/mol. The lowest BCUT2D eigenvalue weighted by Gasteiger charge is -2.36. The van der Waals surface area contributed by atoms with Crippen LogP contribution in [0.5, 0.6) is 0 Å². The number of nitriles is 1. The normalized spacial score (nSPS) is 35.5. The number of hydrogen-bond acceptors (Lipinski definition) is 3. The van der Waals surface area contributed by atoms with E-state index in [4.69, 9.17) is 0 Å². The number of nitrogens with one attached hydrogen (secondary N) is 1. The Bertz CT molecular complexity index is 468. The highest BCUT2D eigenvalue weighted by Gasteiger charge is 2.45. The Balaban J connectivity index is 2.00. The molecule has 2 aliphatic heterocycles. The lowest BCUT2D eigenvalue weighted by atomic mass is 9.72. The highest BCUT2D eigenvalue weighted by molar-refractivity contribution is 14.1. The fourth-order valence-corrected chi connectivity index (χ4v) is 3.71. The summed E-state index contributed by atoms with van der Waals surface area (Å²) in [5.74, 6) is 0. The zero-order valence-corrected chi connectivity index (χ0v) is 11.6. The zero-order chi connectivity index (χ0) is 11.9. The van der Waals surface area contributed by atoms with Gasteiger partial charge in [-0.1, -0.05) is 0 Å². The van der Waals surface area contributed by atoms with Crippen LogP contribution in [0, 0.1) is 14.9 Å². The van der Waals surface area contributed by atoms with Gasteiger partial charge in [-0.2, -0.15) is 5.26 Å². The second-order valence-corrected chi connectivity index (χ2v) is 6.38. The van der Waals surface area contributed by atoms with Crippen molar-refractivity contribution in [2.45, 2.75) is 43.2 Å². The number of pyridine rings is 1. The van der Waals surface area contributed by atoms with Gasteiger partial charge in [0.15, 0.2) is 0 Å². The van der Waals surface area contributed by atoms with E-state index in [1.54, 1.807) is 0 Å². The maximum absolute atomic E-state index is 9.64. The lowest BCUT2D eigenvalue weighted by Crippen LogP contribution is -2.46. The van der Waals surface area contributed by atoms with Crippen molar-refractivity contribution in [3.63, 3.8) is 0 Å². The van der Waals surface area contributed by atoms with E-state index < -0.39 is 0 Å². The van der Waals surface area contributed by atoms with Gasteiger partial charge >= 0.3 is 0 Å². The molecule has 2 bridgehead atoms. The van der Waals surface area contributed by atoms with Gasteiger partial charge in [0.25, 0.3) is 0 Å². The predicted molar refractivity (Wildman–Crippen MR) is 73.4 cm³/mol. The number of halogens is 1. The van der Waals surface area contributed by atoms with Crippen molar-refractivity contribution in [2.24, 2.45) is 0 Å². The molecule has 3 atom stereocenters. The molecule has 1 aromatic heterocycles. The Morgan fingerprint density at radius 2 is 2.06 bits per heavy atom. The minimum Gasteiger partial charge on any atom is -0.311 e. The van der Waals surface area contributed by atoms with E-state index in [-0.39, 0.29) is 5.41 Å². The molecule has 0 amide bonds. The maximum atomic E-state index is 9.64. The largest absolute Gasteiger partial charge is 0.311 e. The first-order valence-electron chi connectivity index (χ1n) is 6.00. The summed E-state index contributed by atoms with van der Waals surface area (Å²) in [6, 6.07) is 5.73. The van der Waals surface area contributed by atoms with Crippen LogP contribution in [0.15, 0.2) is 18.5 Å². The van der Waals surface area contributed by atoms with Gasteiger partial charge in [-0.05, 0) is 59.9 Å². The second-order valence-electron chi connectivity index (χ2n) is 5.13. The zero-order valence-electron chi connectivity index (χ0n) is 9.49. The van der Waals surface area contributed by atoms with Crippen LogP contribution < -0.4 is 5.32 Å². The maximum Gasteiger partial charge on any atom is 0.0867 e. The molecule has 3 rings (SSSR count). The van der Waals surface area contributed by atoms with Crippen molar-refractivity contribution in [3.05, 3.63) is 27.6 Å². The number of aromatic nitrogens is 1. The van der Waals surface area contributed by atoms with Crippen molar-refractivity contribution >= 4 is 22.6 Å². The summed E-state index contributed by atoms with van der Waals surface area (Å²) >= 11 is 2.26. The third-order valence-corrected chi connectivity index (χ3v) is 4.59. The van der Waals surface area contributed by atoms with Crippen LogP contribution in [0.25, 0.3) is 0 Å². The standard InChI is InChI=1S/C13H14IN3/c14-10-3-9(6-16-7-10)13(8-15)4-11-1-2-12(5-13)17-11/h3,6-7,11-12,17H,1-2,4-5H2/t11-,12+,13?. The third kappa shape index (κ3) is 1.95. The average molecular weight is 339 g/mol. The van der Waals surface area contributed by atoms with E-state index in [1.807, 2.05) is 12.4 Å². The summed E-state index contributed by atoms with van der Waals surface area (Å²) in [7, 11) is 0. The minimum atomic E-state index is -0.314. The van der Waals surface area contributed by atoms with Crippen molar-refractivity contribution in [1.29, 1.82) is 5.26 Å². The molecule has 4 heteroatoms. The molecule has 3 nitrogen and oxygen atoms in total. The van der Waals surface area contributed by atoms with Crippen LogP contribution in [0.1, 0.15) is 31.2 Å². The third-order valence-electron chi connectivity index (χ3n) is 4.00. The number of rotatable bonds is 1. The van der Waals surface area contributed by atoms with Gasteiger partial charge in [0.05, 0.1) is 11.5 Å². The summed E-state index contributed by atoms with van der Waals surface area (Å²) in [5, 5.41) is 13.2. The van der Waals surface area contributed by atoms with Crippen LogP contribution in [-0.4, -0.2) is 17.1 Å². The molecule has 2 saturated heterocycles. The number of hydrogen-bond donors (Lipinski definition) is 1. The van der Waals surface area contributed by atoms with E-state index >= 15 is 0 Å². The molecule has 1 aromatic rings. The quantitative estimate of drug-likeness (QED) is 0.799. The van der Waals surface area contributed by atoms with Crippen LogP contribution in [-0.2, 0) is 5.41 Å². The molecule has 0 aromatic carbocycles. The molecule has 0 spiro atoms. The van der Waals surface area contributed by atoms with Gasteiger partial charge in [0.1, 0.15) is 0 Å². The first kappa shape index (κ1) is 11.4. The van der Waals surface area contributed by atoms with Gasteiger partial charge in [-0.3, -0.25) is 4.98 Å². The summed E-state index contributed by atoms with van der Waals surface area (Å²) in [6.45, 7) is 0. The van der Waals surface area contributed by atoms with Gasteiger partial charge in [-0.15, -0.1) is 0 Å². The first-order valence-corrected chi connectivity index (χ1v) is 7.08. The molecule has 17 heavy (non-hydrogen) atoms. The van der Waals surface area contributed by atoms with Crippen LogP contribution in [0.4, 0.5) is 0 Å². The fourth-order valence-electron chi connectivity index (χ4n) is 3.21. The summed E-state index contributed by atoms with van der Waals surface area (Å²) in [6.07, 6.45) is 8.00. The molecule has 2 fully saturated rings. The Hall–Kier alpha value is -0.670. The molecule has 0 saturated carbocycles. The Morgan fingerprint density at radius 1 is 1.35 bits per heavy atom. The molecule has 1 unspecified atom stereocenters. The lowest BCUT2D eigenvalue weighted by molar-refractivity contribution is 0.304.